The maximum absolute atomic E-state index is 12.6. The fourth-order valence-corrected chi connectivity index (χ4v) is 3.69. The monoisotopic (exact) mass is 461 g/mol. The molecule has 1 aliphatic heterocycles. The number of nitrogens with zero attached hydrogens (tertiary/aromatic N) is 4. The summed E-state index contributed by atoms with van der Waals surface area (Å²) < 4.78 is 10.9. The number of anilines is 2. The first-order valence-corrected chi connectivity index (χ1v) is 11.0. The van der Waals surface area contributed by atoms with E-state index >= 15 is 0 Å². The fourth-order valence-electron chi connectivity index (χ4n) is 3.69. The van der Waals surface area contributed by atoms with E-state index in [9.17, 15) is 9.59 Å². The summed E-state index contributed by atoms with van der Waals surface area (Å²) in [4.78, 5) is 27.6. The van der Waals surface area contributed by atoms with Crippen molar-refractivity contribution in [3.63, 3.8) is 0 Å². The lowest BCUT2D eigenvalue weighted by atomic mass is 10.1. The Morgan fingerprint density at radius 1 is 0.941 bits per heavy atom. The Labute approximate surface area is 198 Å². The largest absolute Gasteiger partial charge is 0.497 e. The van der Waals surface area contributed by atoms with Crippen molar-refractivity contribution in [2.24, 2.45) is 0 Å². The van der Waals surface area contributed by atoms with Crippen LogP contribution in [0, 0.1) is 0 Å². The van der Waals surface area contributed by atoms with Gasteiger partial charge in [-0.25, -0.2) is 0 Å². The highest BCUT2D eigenvalue weighted by atomic mass is 16.5. The molecule has 1 fully saturated rings. The van der Waals surface area contributed by atoms with Crippen LogP contribution < -0.4 is 19.7 Å². The highest BCUT2D eigenvalue weighted by Crippen LogP contribution is 2.23. The summed E-state index contributed by atoms with van der Waals surface area (Å²) in [7, 11) is 1.64. The molecule has 0 atom stereocenters. The van der Waals surface area contributed by atoms with Crippen molar-refractivity contribution < 1.29 is 19.1 Å². The fraction of sp³-hybridized carbons (Fsp3) is 0.280. The first kappa shape index (κ1) is 23.0. The highest BCUT2D eigenvalue weighted by Gasteiger charge is 2.22. The molecule has 0 bridgehead atoms. The zero-order chi connectivity index (χ0) is 23.9. The van der Waals surface area contributed by atoms with Crippen molar-refractivity contribution in [2.75, 3.05) is 50.1 Å². The summed E-state index contributed by atoms with van der Waals surface area (Å²) in [6.45, 7) is 3.93. The number of aromatic nitrogens is 2. The van der Waals surface area contributed by atoms with Gasteiger partial charge in [0.2, 0.25) is 5.91 Å². The van der Waals surface area contributed by atoms with Gasteiger partial charge in [0.15, 0.2) is 12.4 Å². The normalized spacial score (nSPS) is 13.4. The molecule has 0 spiro atoms. The second kappa shape index (κ2) is 10.7. The van der Waals surface area contributed by atoms with Crippen molar-refractivity contribution >= 4 is 23.3 Å². The first-order chi connectivity index (χ1) is 16.5. The van der Waals surface area contributed by atoms with E-state index < -0.39 is 0 Å². The third kappa shape index (κ3) is 5.80. The van der Waals surface area contributed by atoms with Crippen molar-refractivity contribution in [1.82, 2.24) is 15.1 Å². The molecule has 2 amide bonds. The third-order valence-corrected chi connectivity index (χ3v) is 5.51. The van der Waals surface area contributed by atoms with Crippen LogP contribution in [0.4, 0.5) is 11.5 Å². The Morgan fingerprint density at radius 2 is 1.71 bits per heavy atom. The summed E-state index contributed by atoms with van der Waals surface area (Å²) in [5.74, 6) is 1.93. The number of carbonyl (C=O) groups is 2. The van der Waals surface area contributed by atoms with Gasteiger partial charge in [-0.15, -0.1) is 10.2 Å². The number of ether oxygens (including phenoxy) is 2. The summed E-state index contributed by atoms with van der Waals surface area (Å²) in [5.41, 5.74) is 2.40. The Balaban J connectivity index is 1.26. The van der Waals surface area contributed by atoms with Gasteiger partial charge in [0.1, 0.15) is 11.5 Å². The molecule has 0 aliphatic carbocycles. The lowest BCUT2D eigenvalue weighted by molar-refractivity contribution is -0.133. The summed E-state index contributed by atoms with van der Waals surface area (Å²) in [6, 6.07) is 18.5. The van der Waals surface area contributed by atoms with E-state index in [0.29, 0.717) is 37.6 Å². The maximum Gasteiger partial charge on any atom is 0.260 e. The molecule has 1 saturated heterocycles. The van der Waals surface area contributed by atoms with Gasteiger partial charge in [0, 0.05) is 44.4 Å². The molecule has 9 nitrogen and oxygen atoms in total. The summed E-state index contributed by atoms with van der Waals surface area (Å²) in [6.07, 6.45) is 0. The van der Waals surface area contributed by atoms with Crippen LogP contribution >= 0.6 is 0 Å². The molecule has 2 heterocycles. The molecule has 0 saturated carbocycles. The summed E-state index contributed by atoms with van der Waals surface area (Å²) in [5, 5.41) is 11.4. The number of rotatable bonds is 7. The molecular formula is C25H27N5O4. The van der Waals surface area contributed by atoms with Crippen LogP contribution in [-0.4, -0.2) is 66.8 Å². The van der Waals surface area contributed by atoms with E-state index in [1.165, 1.54) is 6.92 Å². The maximum atomic E-state index is 12.6. The number of hydrogen-bond acceptors (Lipinski definition) is 7. The van der Waals surface area contributed by atoms with Crippen molar-refractivity contribution in [3.8, 4) is 22.8 Å². The minimum Gasteiger partial charge on any atom is -0.497 e. The Morgan fingerprint density at radius 3 is 2.35 bits per heavy atom. The molecule has 1 aromatic heterocycles. The highest BCUT2D eigenvalue weighted by molar-refractivity contribution is 5.88. The number of amides is 2. The lowest BCUT2D eigenvalue weighted by Crippen LogP contribution is -2.50. The second-order valence-corrected chi connectivity index (χ2v) is 7.87. The van der Waals surface area contributed by atoms with Crippen LogP contribution in [0.3, 0.4) is 0 Å². The summed E-state index contributed by atoms with van der Waals surface area (Å²) >= 11 is 0. The molecule has 0 unspecified atom stereocenters. The van der Waals surface area contributed by atoms with Crippen LogP contribution in [-0.2, 0) is 9.59 Å². The van der Waals surface area contributed by atoms with Crippen LogP contribution in [0.2, 0.25) is 0 Å². The van der Waals surface area contributed by atoms with Crippen LogP contribution in [0.5, 0.6) is 11.5 Å². The minimum absolute atomic E-state index is 0.0332. The zero-order valence-electron chi connectivity index (χ0n) is 19.2. The van der Waals surface area contributed by atoms with Gasteiger partial charge in [-0.2, -0.15) is 0 Å². The molecule has 9 heteroatoms. The van der Waals surface area contributed by atoms with E-state index in [1.54, 1.807) is 36.3 Å². The van der Waals surface area contributed by atoms with Gasteiger partial charge in [-0.1, -0.05) is 12.1 Å². The molecule has 1 aliphatic rings. The molecule has 4 rings (SSSR count). The van der Waals surface area contributed by atoms with Gasteiger partial charge in [0.25, 0.3) is 5.91 Å². The first-order valence-electron chi connectivity index (χ1n) is 11.0. The van der Waals surface area contributed by atoms with E-state index in [1.807, 2.05) is 36.4 Å². The molecule has 2 aromatic carbocycles. The Bertz CT molecular complexity index is 1130. The minimum atomic E-state index is -0.137. The molecule has 0 radical (unpaired) electrons. The predicted octanol–water partition coefficient (Wildman–Crippen LogP) is 2.84. The average molecular weight is 462 g/mol. The lowest BCUT2D eigenvalue weighted by Gasteiger charge is -2.35. The predicted molar refractivity (Wildman–Crippen MR) is 129 cm³/mol. The van der Waals surface area contributed by atoms with Gasteiger partial charge in [0.05, 0.1) is 12.8 Å². The SMILES string of the molecule is COc1cccc(-c2ccc(N3CCN(C(=O)COc4ccc(NC(C)=O)cc4)CC3)nn2)c1. The standard InChI is InChI=1S/C25H27N5O4/c1-18(31)26-20-6-8-21(9-7-20)34-17-25(32)30-14-12-29(13-15-30)24-11-10-23(27-28-24)19-4-3-5-22(16-19)33-2/h3-11,16H,12-15,17H2,1-2H3,(H,26,31). The number of nitrogens with one attached hydrogen (secondary N) is 1. The van der Waals surface area contributed by atoms with Gasteiger partial charge < -0.3 is 24.6 Å². The van der Waals surface area contributed by atoms with E-state index in [4.69, 9.17) is 9.47 Å². The number of benzene rings is 2. The quantitative estimate of drug-likeness (QED) is 0.578. The number of piperazine rings is 1. The van der Waals surface area contributed by atoms with Crippen molar-refractivity contribution in [3.05, 3.63) is 60.7 Å². The second-order valence-electron chi connectivity index (χ2n) is 7.87. The van der Waals surface area contributed by atoms with Crippen LogP contribution in [0.25, 0.3) is 11.3 Å². The van der Waals surface area contributed by atoms with Gasteiger partial charge in [-0.3, -0.25) is 9.59 Å². The van der Waals surface area contributed by atoms with Gasteiger partial charge in [-0.05, 0) is 48.5 Å². The van der Waals surface area contributed by atoms with Crippen molar-refractivity contribution in [1.29, 1.82) is 0 Å². The van der Waals surface area contributed by atoms with E-state index in [-0.39, 0.29) is 18.4 Å². The topological polar surface area (TPSA) is 96.9 Å². The smallest absolute Gasteiger partial charge is 0.260 e. The number of carbonyl (C=O) groups excluding carboxylic acids is 2. The molecular weight excluding hydrogens is 434 g/mol. The zero-order valence-corrected chi connectivity index (χ0v) is 19.2. The molecule has 1 N–H and O–H groups in total. The molecule has 176 valence electrons. The molecule has 34 heavy (non-hydrogen) atoms. The number of hydrogen-bond donors (Lipinski definition) is 1. The van der Waals surface area contributed by atoms with Crippen molar-refractivity contribution in [2.45, 2.75) is 6.92 Å². The average Bonchev–Trinajstić information content (AvgIpc) is 2.88. The van der Waals surface area contributed by atoms with E-state index in [0.717, 1.165) is 22.8 Å². The van der Waals surface area contributed by atoms with Gasteiger partial charge >= 0.3 is 0 Å². The third-order valence-electron chi connectivity index (χ3n) is 5.51. The van der Waals surface area contributed by atoms with Crippen LogP contribution in [0.1, 0.15) is 6.92 Å². The Kier molecular flexibility index (Phi) is 7.22. The number of methoxy groups -OCH3 is 1. The van der Waals surface area contributed by atoms with Crippen LogP contribution in [0.15, 0.2) is 60.7 Å². The molecule has 3 aromatic rings. The van der Waals surface area contributed by atoms with E-state index in [2.05, 4.69) is 20.4 Å². The Hall–Kier alpha value is -4.14.